The standard InChI is InChI=1S/C25H34N2O4/c1-4-16-26-25(29)23(5-2)27(19-20-11-9-14-22(18-20)30-3)24(28)15-10-17-31-21-12-7-6-8-13-21/h6-9,11-14,18,23H,4-5,10,15-17,19H2,1-3H3,(H,26,29). The van der Waals surface area contributed by atoms with Gasteiger partial charge in [0.2, 0.25) is 11.8 Å². The quantitative estimate of drug-likeness (QED) is 0.488. The van der Waals surface area contributed by atoms with Gasteiger partial charge in [0.05, 0.1) is 13.7 Å². The second-order valence-corrected chi connectivity index (χ2v) is 7.35. The third kappa shape index (κ3) is 7.96. The van der Waals surface area contributed by atoms with Gasteiger partial charge < -0.3 is 19.7 Å². The van der Waals surface area contributed by atoms with Crippen LogP contribution in [0.3, 0.4) is 0 Å². The van der Waals surface area contributed by atoms with E-state index >= 15 is 0 Å². The average Bonchev–Trinajstić information content (AvgIpc) is 2.81. The molecule has 0 fully saturated rings. The van der Waals surface area contributed by atoms with Crippen LogP contribution in [0, 0.1) is 0 Å². The van der Waals surface area contributed by atoms with E-state index in [1.807, 2.05) is 68.4 Å². The van der Waals surface area contributed by atoms with Crippen molar-refractivity contribution in [3.8, 4) is 11.5 Å². The number of amides is 2. The molecule has 0 aromatic heterocycles. The molecule has 0 aliphatic rings. The number of nitrogens with zero attached hydrogens (tertiary/aromatic N) is 1. The Morgan fingerprint density at radius 1 is 1.03 bits per heavy atom. The monoisotopic (exact) mass is 426 g/mol. The highest BCUT2D eigenvalue weighted by atomic mass is 16.5. The topological polar surface area (TPSA) is 67.9 Å². The summed E-state index contributed by atoms with van der Waals surface area (Å²) in [5.41, 5.74) is 0.926. The van der Waals surface area contributed by atoms with Gasteiger partial charge in [-0.2, -0.15) is 0 Å². The zero-order valence-corrected chi connectivity index (χ0v) is 18.8. The number of carbonyl (C=O) groups is 2. The summed E-state index contributed by atoms with van der Waals surface area (Å²) < 4.78 is 11.0. The number of nitrogens with one attached hydrogen (secondary N) is 1. The number of hydrogen-bond donors (Lipinski definition) is 1. The van der Waals surface area contributed by atoms with Crippen LogP contribution < -0.4 is 14.8 Å². The summed E-state index contributed by atoms with van der Waals surface area (Å²) in [7, 11) is 1.61. The van der Waals surface area contributed by atoms with Gasteiger partial charge in [-0.1, -0.05) is 44.2 Å². The minimum atomic E-state index is -0.514. The third-order valence-corrected chi connectivity index (χ3v) is 4.97. The van der Waals surface area contributed by atoms with Gasteiger partial charge in [0.15, 0.2) is 0 Å². The van der Waals surface area contributed by atoms with Crippen LogP contribution in [-0.2, 0) is 16.1 Å². The van der Waals surface area contributed by atoms with Crippen molar-refractivity contribution >= 4 is 11.8 Å². The molecule has 168 valence electrons. The van der Waals surface area contributed by atoms with Crippen LogP contribution >= 0.6 is 0 Å². The molecule has 6 nitrogen and oxygen atoms in total. The van der Waals surface area contributed by atoms with Crippen molar-refractivity contribution in [2.45, 2.75) is 52.1 Å². The Morgan fingerprint density at radius 3 is 2.45 bits per heavy atom. The predicted octanol–water partition coefficient (Wildman–Crippen LogP) is 4.19. The number of ether oxygens (including phenoxy) is 2. The zero-order chi connectivity index (χ0) is 22.5. The zero-order valence-electron chi connectivity index (χ0n) is 18.8. The molecule has 0 spiro atoms. The van der Waals surface area contributed by atoms with Gasteiger partial charge >= 0.3 is 0 Å². The van der Waals surface area contributed by atoms with E-state index in [0.29, 0.717) is 39.0 Å². The summed E-state index contributed by atoms with van der Waals surface area (Å²) in [5, 5.41) is 2.93. The number of rotatable bonds is 13. The van der Waals surface area contributed by atoms with Crippen LogP contribution in [-0.4, -0.2) is 43.0 Å². The molecular weight excluding hydrogens is 392 g/mol. The molecule has 0 radical (unpaired) electrons. The van der Waals surface area contributed by atoms with Crippen molar-refractivity contribution in [3.05, 3.63) is 60.2 Å². The summed E-state index contributed by atoms with van der Waals surface area (Å²) >= 11 is 0. The lowest BCUT2D eigenvalue weighted by Gasteiger charge is -2.31. The lowest BCUT2D eigenvalue weighted by atomic mass is 10.1. The lowest BCUT2D eigenvalue weighted by Crippen LogP contribution is -2.49. The second-order valence-electron chi connectivity index (χ2n) is 7.35. The first-order valence-corrected chi connectivity index (χ1v) is 11.0. The van der Waals surface area contributed by atoms with Gasteiger partial charge in [0.1, 0.15) is 17.5 Å². The van der Waals surface area contributed by atoms with Crippen molar-refractivity contribution in [1.82, 2.24) is 10.2 Å². The molecule has 0 saturated carbocycles. The molecule has 6 heteroatoms. The lowest BCUT2D eigenvalue weighted by molar-refractivity contribution is -0.141. The van der Waals surface area contributed by atoms with Crippen molar-refractivity contribution in [2.75, 3.05) is 20.3 Å². The summed E-state index contributed by atoms with van der Waals surface area (Å²) in [4.78, 5) is 27.6. The third-order valence-electron chi connectivity index (χ3n) is 4.97. The van der Waals surface area contributed by atoms with E-state index in [1.54, 1.807) is 12.0 Å². The summed E-state index contributed by atoms with van der Waals surface area (Å²) in [6.45, 7) is 5.34. The fourth-order valence-electron chi connectivity index (χ4n) is 3.33. The summed E-state index contributed by atoms with van der Waals surface area (Å²) in [6, 6.07) is 16.6. The largest absolute Gasteiger partial charge is 0.497 e. The van der Waals surface area contributed by atoms with Gasteiger partial charge in [0, 0.05) is 19.5 Å². The minimum Gasteiger partial charge on any atom is -0.497 e. The first-order chi connectivity index (χ1) is 15.1. The van der Waals surface area contributed by atoms with Crippen LogP contribution in [0.25, 0.3) is 0 Å². The molecule has 1 N–H and O–H groups in total. The van der Waals surface area contributed by atoms with Crippen LogP contribution in [0.4, 0.5) is 0 Å². The number of carbonyl (C=O) groups excluding carboxylic acids is 2. The van der Waals surface area contributed by atoms with Gasteiger partial charge in [0.25, 0.3) is 0 Å². The van der Waals surface area contributed by atoms with Gasteiger partial charge in [-0.25, -0.2) is 0 Å². The van der Waals surface area contributed by atoms with E-state index in [1.165, 1.54) is 0 Å². The van der Waals surface area contributed by atoms with Gasteiger partial charge in [-0.15, -0.1) is 0 Å². The fourth-order valence-corrected chi connectivity index (χ4v) is 3.33. The Kier molecular flexibility index (Phi) is 10.4. The molecule has 0 saturated heterocycles. The molecule has 0 bridgehead atoms. The van der Waals surface area contributed by atoms with Gasteiger partial charge in [-0.3, -0.25) is 9.59 Å². The van der Waals surface area contributed by atoms with E-state index in [-0.39, 0.29) is 11.8 Å². The molecule has 1 atom stereocenters. The number of benzene rings is 2. The van der Waals surface area contributed by atoms with Crippen molar-refractivity contribution in [3.63, 3.8) is 0 Å². The first kappa shape index (κ1) is 24.3. The summed E-state index contributed by atoms with van der Waals surface area (Å²) in [5.74, 6) is 1.34. The van der Waals surface area contributed by atoms with E-state index in [2.05, 4.69) is 5.32 Å². The highest BCUT2D eigenvalue weighted by Crippen LogP contribution is 2.18. The number of para-hydroxylation sites is 1. The second kappa shape index (κ2) is 13.3. The molecule has 0 aliphatic heterocycles. The molecule has 2 rings (SSSR count). The molecule has 0 heterocycles. The van der Waals surface area contributed by atoms with E-state index in [0.717, 1.165) is 23.5 Å². The van der Waals surface area contributed by atoms with E-state index < -0.39 is 6.04 Å². The molecular formula is C25H34N2O4. The minimum absolute atomic E-state index is 0.0574. The Morgan fingerprint density at radius 2 is 1.77 bits per heavy atom. The van der Waals surface area contributed by atoms with E-state index in [9.17, 15) is 9.59 Å². The Hall–Kier alpha value is -3.02. The SMILES string of the molecule is CCCNC(=O)C(CC)N(Cc1cccc(OC)c1)C(=O)CCCOc1ccccc1. The molecule has 2 amide bonds. The van der Waals surface area contributed by atoms with Crippen molar-refractivity contribution in [1.29, 1.82) is 0 Å². The smallest absolute Gasteiger partial charge is 0.242 e. The van der Waals surface area contributed by atoms with Crippen LogP contribution in [0.1, 0.15) is 45.1 Å². The Balaban J connectivity index is 2.06. The molecule has 2 aromatic carbocycles. The number of hydrogen-bond acceptors (Lipinski definition) is 4. The molecule has 1 unspecified atom stereocenters. The molecule has 2 aromatic rings. The van der Waals surface area contributed by atoms with E-state index in [4.69, 9.17) is 9.47 Å². The molecule has 0 aliphatic carbocycles. The number of methoxy groups -OCH3 is 1. The van der Waals surface area contributed by atoms with Crippen molar-refractivity contribution in [2.24, 2.45) is 0 Å². The predicted molar refractivity (Wildman–Crippen MR) is 122 cm³/mol. The Bertz CT molecular complexity index is 810. The van der Waals surface area contributed by atoms with Crippen LogP contribution in [0.2, 0.25) is 0 Å². The normalized spacial score (nSPS) is 11.5. The maximum atomic E-state index is 13.2. The summed E-state index contributed by atoms with van der Waals surface area (Å²) in [6.07, 6.45) is 2.29. The van der Waals surface area contributed by atoms with Crippen molar-refractivity contribution < 1.29 is 19.1 Å². The maximum Gasteiger partial charge on any atom is 0.242 e. The van der Waals surface area contributed by atoms with Crippen LogP contribution in [0.15, 0.2) is 54.6 Å². The average molecular weight is 427 g/mol. The highest BCUT2D eigenvalue weighted by molar-refractivity contribution is 5.87. The Labute approximate surface area is 185 Å². The first-order valence-electron chi connectivity index (χ1n) is 11.0. The fraction of sp³-hybridized carbons (Fsp3) is 0.440. The van der Waals surface area contributed by atoms with Crippen LogP contribution in [0.5, 0.6) is 11.5 Å². The highest BCUT2D eigenvalue weighted by Gasteiger charge is 2.28. The maximum absolute atomic E-state index is 13.2. The molecule has 31 heavy (non-hydrogen) atoms. The van der Waals surface area contributed by atoms with Gasteiger partial charge in [-0.05, 0) is 49.1 Å².